The molecule has 0 spiro atoms. The Balaban J connectivity index is 4.27. The fourth-order valence-corrected chi connectivity index (χ4v) is 1.39. The Morgan fingerprint density at radius 2 is 1.81 bits per heavy atom. The molecule has 1 amide bonds. The third-order valence-corrected chi connectivity index (χ3v) is 2.09. The highest BCUT2D eigenvalue weighted by atomic mass is 16.2. The molecule has 0 aromatic rings. The molecule has 0 aliphatic carbocycles. The zero-order valence-electron chi connectivity index (χ0n) is 11.6. The van der Waals surface area contributed by atoms with Gasteiger partial charge in [0.1, 0.15) is 0 Å². The highest BCUT2D eigenvalue weighted by molar-refractivity contribution is 5.87. The molecule has 0 saturated carbocycles. The van der Waals surface area contributed by atoms with Crippen LogP contribution in [0.1, 0.15) is 27.7 Å². The van der Waals surface area contributed by atoms with E-state index in [0.717, 1.165) is 19.6 Å². The van der Waals surface area contributed by atoms with Crippen LogP contribution in [-0.4, -0.2) is 49.4 Å². The first-order valence-corrected chi connectivity index (χ1v) is 5.86. The SMILES string of the molecule is CCN(CC(C)(C)C)C(=O)/C=C/CN(C)C. The summed E-state index contributed by atoms with van der Waals surface area (Å²) in [5, 5.41) is 0. The lowest BCUT2D eigenvalue weighted by Gasteiger charge is -2.28. The number of rotatable bonds is 5. The van der Waals surface area contributed by atoms with Crippen LogP contribution in [0.2, 0.25) is 0 Å². The summed E-state index contributed by atoms with van der Waals surface area (Å²) in [5.74, 6) is 0.110. The quantitative estimate of drug-likeness (QED) is 0.669. The van der Waals surface area contributed by atoms with Gasteiger partial charge in [0.2, 0.25) is 5.91 Å². The molecular weight excluding hydrogens is 200 g/mol. The minimum atomic E-state index is 0.110. The number of carbonyl (C=O) groups is 1. The molecule has 3 heteroatoms. The zero-order valence-corrected chi connectivity index (χ0v) is 11.6. The first-order chi connectivity index (χ1) is 7.26. The van der Waals surface area contributed by atoms with Gasteiger partial charge in [-0.05, 0) is 26.4 Å². The number of nitrogens with zero attached hydrogens (tertiary/aromatic N) is 2. The fourth-order valence-electron chi connectivity index (χ4n) is 1.39. The van der Waals surface area contributed by atoms with E-state index in [1.807, 2.05) is 36.9 Å². The van der Waals surface area contributed by atoms with Crippen molar-refractivity contribution in [1.82, 2.24) is 9.80 Å². The predicted octanol–water partition coefficient (Wildman–Crippen LogP) is 2.00. The molecule has 0 aliphatic rings. The van der Waals surface area contributed by atoms with E-state index in [4.69, 9.17) is 0 Å². The van der Waals surface area contributed by atoms with Gasteiger partial charge in [0, 0.05) is 25.7 Å². The molecule has 0 bridgehead atoms. The molecule has 0 N–H and O–H groups in total. The van der Waals surface area contributed by atoms with Gasteiger partial charge in [-0.2, -0.15) is 0 Å². The van der Waals surface area contributed by atoms with E-state index in [9.17, 15) is 4.79 Å². The monoisotopic (exact) mass is 226 g/mol. The summed E-state index contributed by atoms with van der Waals surface area (Å²) in [4.78, 5) is 15.8. The van der Waals surface area contributed by atoms with E-state index >= 15 is 0 Å². The van der Waals surface area contributed by atoms with E-state index in [-0.39, 0.29) is 11.3 Å². The third-order valence-electron chi connectivity index (χ3n) is 2.09. The van der Waals surface area contributed by atoms with Crippen molar-refractivity contribution in [3.05, 3.63) is 12.2 Å². The van der Waals surface area contributed by atoms with Gasteiger partial charge in [0.15, 0.2) is 0 Å². The third kappa shape index (κ3) is 7.46. The molecule has 0 fully saturated rings. The first-order valence-electron chi connectivity index (χ1n) is 5.86. The Bertz CT molecular complexity index is 239. The topological polar surface area (TPSA) is 23.6 Å². The van der Waals surface area contributed by atoms with Crippen LogP contribution in [-0.2, 0) is 4.79 Å². The fraction of sp³-hybridized carbons (Fsp3) is 0.769. The smallest absolute Gasteiger partial charge is 0.246 e. The Morgan fingerprint density at radius 3 is 2.19 bits per heavy atom. The van der Waals surface area contributed by atoms with Crippen LogP contribution in [0.5, 0.6) is 0 Å². The van der Waals surface area contributed by atoms with Crippen molar-refractivity contribution < 1.29 is 4.79 Å². The molecule has 3 nitrogen and oxygen atoms in total. The largest absolute Gasteiger partial charge is 0.339 e. The van der Waals surface area contributed by atoms with Gasteiger partial charge < -0.3 is 9.80 Å². The molecule has 0 aromatic heterocycles. The Kier molecular flexibility index (Phi) is 6.34. The van der Waals surface area contributed by atoms with Crippen LogP contribution in [0.15, 0.2) is 12.2 Å². The number of amides is 1. The van der Waals surface area contributed by atoms with Crippen molar-refractivity contribution in [3.8, 4) is 0 Å². The second kappa shape index (κ2) is 6.69. The van der Waals surface area contributed by atoms with E-state index < -0.39 is 0 Å². The van der Waals surface area contributed by atoms with Crippen LogP contribution < -0.4 is 0 Å². The van der Waals surface area contributed by atoms with Crippen LogP contribution in [0.3, 0.4) is 0 Å². The average molecular weight is 226 g/mol. The van der Waals surface area contributed by atoms with Gasteiger partial charge in [-0.1, -0.05) is 26.8 Å². The number of hydrogen-bond acceptors (Lipinski definition) is 2. The number of hydrogen-bond donors (Lipinski definition) is 0. The summed E-state index contributed by atoms with van der Waals surface area (Å²) < 4.78 is 0. The van der Waals surface area contributed by atoms with Crippen molar-refractivity contribution >= 4 is 5.91 Å². The highest BCUT2D eigenvalue weighted by Gasteiger charge is 2.17. The summed E-state index contributed by atoms with van der Waals surface area (Å²) >= 11 is 0. The lowest BCUT2D eigenvalue weighted by Crippen LogP contribution is -2.36. The second-order valence-corrected chi connectivity index (χ2v) is 5.58. The minimum absolute atomic E-state index is 0.110. The van der Waals surface area contributed by atoms with Crippen molar-refractivity contribution in [3.63, 3.8) is 0 Å². The molecule has 0 aliphatic heterocycles. The summed E-state index contributed by atoms with van der Waals surface area (Å²) in [6.45, 7) is 10.8. The van der Waals surface area contributed by atoms with E-state index in [2.05, 4.69) is 20.8 Å². The molecule has 0 radical (unpaired) electrons. The summed E-state index contributed by atoms with van der Waals surface area (Å²) in [7, 11) is 3.98. The van der Waals surface area contributed by atoms with Gasteiger partial charge in [-0.3, -0.25) is 4.79 Å². The Morgan fingerprint density at radius 1 is 1.25 bits per heavy atom. The van der Waals surface area contributed by atoms with E-state index in [0.29, 0.717) is 0 Å². The predicted molar refractivity (Wildman–Crippen MR) is 69.4 cm³/mol. The molecule has 16 heavy (non-hydrogen) atoms. The van der Waals surface area contributed by atoms with E-state index in [1.165, 1.54) is 0 Å². The van der Waals surface area contributed by atoms with Crippen LogP contribution in [0.4, 0.5) is 0 Å². The van der Waals surface area contributed by atoms with Gasteiger partial charge in [0.05, 0.1) is 0 Å². The Hall–Kier alpha value is -0.830. The molecule has 0 rings (SSSR count). The molecule has 0 aromatic carbocycles. The molecule has 94 valence electrons. The second-order valence-electron chi connectivity index (χ2n) is 5.58. The maximum absolute atomic E-state index is 11.9. The van der Waals surface area contributed by atoms with Crippen molar-refractivity contribution in [2.75, 3.05) is 33.7 Å². The van der Waals surface area contributed by atoms with Gasteiger partial charge in [-0.25, -0.2) is 0 Å². The zero-order chi connectivity index (χ0) is 12.8. The molecule has 0 saturated heterocycles. The number of likely N-dealkylation sites (N-methyl/N-ethyl adjacent to an activating group) is 2. The number of carbonyl (C=O) groups excluding carboxylic acids is 1. The van der Waals surface area contributed by atoms with Gasteiger partial charge in [-0.15, -0.1) is 0 Å². The van der Waals surface area contributed by atoms with Gasteiger partial charge >= 0.3 is 0 Å². The molecular formula is C13H26N2O. The average Bonchev–Trinajstić information content (AvgIpc) is 2.11. The van der Waals surface area contributed by atoms with Crippen LogP contribution >= 0.6 is 0 Å². The lowest BCUT2D eigenvalue weighted by atomic mass is 9.96. The van der Waals surface area contributed by atoms with Crippen LogP contribution in [0.25, 0.3) is 0 Å². The van der Waals surface area contributed by atoms with Gasteiger partial charge in [0.25, 0.3) is 0 Å². The first kappa shape index (κ1) is 15.2. The standard InChI is InChI=1S/C13H26N2O/c1-7-15(11-13(2,3)4)12(16)9-8-10-14(5)6/h8-9H,7,10-11H2,1-6H3/b9-8+. The van der Waals surface area contributed by atoms with Crippen molar-refractivity contribution in [2.45, 2.75) is 27.7 Å². The molecule has 0 atom stereocenters. The Labute approximate surface area is 100 Å². The molecule has 0 unspecified atom stereocenters. The maximum Gasteiger partial charge on any atom is 0.246 e. The normalized spacial score (nSPS) is 12.4. The maximum atomic E-state index is 11.9. The summed E-state index contributed by atoms with van der Waals surface area (Å²) in [6.07, 6.45) is 3.59. The van der Waals surface area contributed by atoms with Crippen LogP contribution in [0, 0.1) is 5.41 Å². The lowest BCUT2D eigenvalue weighted by molar-refractivity contribution is -0.127. The van der Waals surface area contributed by atoms with Crippen molar-refractivity contribution in [1.29, 1.82) is 0 Å². The van der Waals surface area contributed by atoms with E-state index in [1.54, 1.807) is 6.08 Å². The van der Waals surface area contributed by atoms with Crippen molar-refractivity contribution in [2.24, 2.45) is 5.41 Å². The highest BCUT2D eigenvalue weighted by Crippen LogP contribution is 2.15. The minimum Gasteiger partial charge on any atom is -0.339 e. The summed E-state index contributed by atoms with van der Waals surface area (Å²) in [5.41, 5.74) is 0.154. The summed E-state index contributed by atoms with van der Waals surface area (Å²) in [6, 6.07) is 0. The molecule has 0 heterocycles.